The summed E-state index contributed by atoms with van der Waals surface area (Å²) in [5.41, 5.74) is 5.89. The molecule has 1 fully saturated rings. The van der Waals surface area contributed by atoms with Crippen molar-refractivity contribution < 1.29 is 4.52 Å². The quantitative estimate of drug-likeness (QED) is 0.688. The topological polar surface area (TPSA) is 68.2 Å². The van der Waals surface area contributed by atoms with Gasteiger partial charge in [-0.1, -0.05) is 12.1 Å². The fourth-order valence-electron chi connectivity index (χ4n) is 1.68. The van der Waals surface area contributed by atoms with Crippen molar-refractivity contribution in [3.63, 3.8) is 0 Å². The molecule has 0 bridgehead atoms. The maximum Gasteiger partial charge on any atom is 0.240 e. The molecule has 2 rings (SSSR count). The Morgan fingerprint density at radius 1 is 1.69 bits per heavy atom. The summed E-state index contributed by atoms with van der Waals surface area (Å²) in [6, 6.07) is 0.280. The standard InChI is InChI=1S/C8H14N4O/c1-6-2-12(3-7(6)9)4-8-10-5-11-13-8/h5-7H,2-4,9H2,1H3. The van der Waals surface area contributed by atoms with Crippen LogP contribution >= 0.6 is 0 Å². The molecule has 0 spiro atoms. The summed E-state index contributed by atoms with van der Waals surface area (Å²) in [6.45, 7) is 4.82. The van der Waals surface area contributed by atoms with E-state index >= 15 is 0 Å². The molecule has 1 aliphatic heterocycles. The zero-order valence-electron chi connectivity index (χ0n) is 7.68. The van der Waals surface area contributed by atoms with Crippen LogP contribution in [0, 0.1) is 5.92 Å². The average Bonchev–Trinajstić information content (AvgIpc) is 2.64. The second kappa shape index (κ2) is 3.43. The second-order valence-electron chi connectivity index (χ2n) is 3.67. The first-order chi connectivity index (χ1) is 6.25. The van der Waals surface area contributed by atoms with E-state index in [0.717, 1.165) is 19.6 Å². The molecule has 2 N–H and O–H groups in total. The number of nitrogens with two attached hydrogens (primary N) is 1. The van der Waals surface area contributed by atoms with E-state index in [1.165, 1.54) is 6.33 Å². The third-order valence-corrected chi connectivity index (χ3v) is 2.51. The SMILES string of the molecule is CC1CN(Cc2ncno2)CC1N. The van der Waals surface area contributed by atoms with E-state index in [-0.39, 0.29) is 6.04 Å². The van der Waals surface area contributed by atoms with Gasteiger partial charge in [0.1, 0.15) is 0 Å². The van der Waals surface area contributed by atoms with E-state index in [9.17, 15) is 0 Å². The van der Waals surface area contributed by atoms with Crippen LogP contribution in [0.5, 0.6) is 0 Å². The Hall–Kier alpha value is -0.940. The Balaban J connectivity index is 1.91. The largest absolute Gasteiger partial charge is 0.338 e. The van der Waals surface area contributed by atoms with Gasteiger partial charge in [-0.15, -0.1) is 0 Å². The minimum Gasteiger partial charge on any atom is -0.338 e. The summed E-state index contributed by atoms with van der Waals surface area (Å²) < 4.78 is 4.92. The minimum atomic E-state index is 0.280. The fraction of sp³-hybridized carbons (Fsp3) is 0.750. The van der Waals surface area contributed by atoms with E-state index in [1.54, 1.807) is 0 Å². The molecule has 0 radical (unpaired) electrons. The molecule has 0 aliphatic carbocycles. The van der Waals surface area contributed by atoms with Crippen LogP contribution in [-0.4, -0.2) is 34.2 Å². The lowest BCUT2D eigenvalue weighted by Gasteiger charge is -2.11. The van der Waals surface area contributed by atoms with Gasteiger partial charge in [-0.3, -0.25) is 4.90 Å². The predicted molar refractivity (Wildman–Crippen MR) is 46.7 cm³/mol. The molecule has 0 saturated carbocycles. The molecule has 1 aromatic rings. The lowest BCUT2D eigenvalue weighted by molar-refractivity contribution is 0.261. The Bertz CT molecular complexity index is 251. The van der Waals surface area contributed by atoms with Gasteiger partial charge < -0.3 is 10.3 Å². The lowest BCUT2D eigenvalue weighted by atomic mass is 10.1. The van der Waals surface area contributed by atoms with Gasteiger partial charge in [-0.2, -0.15) is 4.98 Å². The molecule has 0 amide bonds. The normalized spacial score (nSPS) is 29.7. The molecule has 5 heteroatoms. The predicted octanol–water partition coefficient (Wildman–Crippen LogP) is -0.151. The number of nitrogens with zero attached hydrogens (tertiary/aromatic N) is 3. The first kappa shape index (κ1) is 8.65. The highest BCUT2D eigenvalue weighted by molar-refractivity contribution is 4.86. The van der Waals surface area contributed by atoms with E-state index in [0.29, 0.717) is 11.8 Å². The Kier molecular flexibility index (Phi) is 2.28. The molecule has 2 atom stereocenters. The smallest absolute Gasteiger partial charge is 0.240 e. The van der Waals surface area contributed by atoms with Gasteiger partial charge in [0.15, 0.2) is 6.33 Å². The van der Waals surface area contributed by atoms with Crippen LogP contribution in [-0.2, 0) is 6.54 Å². The maximum atomic E-state index is 5.89. The summed E-state index contributed by atoms with van der Waals surface area (Å²) in [5, 5.41) is 3.56. The monoisotopic (exact) mass is 182 g/mol. The van der Waals surface area contributed by atoms with E-state index in [4.69, 9.17) is 10.3 Å². The van der Waals surface area contributed by atoms with Crippen LogP contribution in [0.3, 0.4) is 0 Å². The fourth-order valence-corrected chi connectivity index (χ4v) is 1.68. The van der Waals surface area contributed by atoms with Gasteiger partial charge in [0, 0.05) is 19.1 Å². The van der Waals surface area contributed by atoms with Gasteiger partial charge in [0.2, 0.25) is 5.89 Å². The number of likely N-dealkylation sites (tertiary alicyclic amines) is 1. The number of rotatable bonds is 2. The molecule has 0 aromatic carbocycles. The van der Waals surface area contributed by atoms with Gasteiger partial charge in [-0.25, -0.2) is 0 Å². The van der Waals surface area contributed by atoms with E-state index < -0.39 is 0 Å². The van der Waals surface area contributed by atoms with Crippen molar-refractivity contribution >= 4 is 0 Å². The van der Waals surface area contributed by atoms with Gasteiger partial charge in [-0.05, 0) is 5.92 Å². The molecule has 72 valence electrons. The van der Waals surface area contributed by atoms with Gasteiger partial charge >= 0.3 is 0 Å². The molecular formula is C8H14N4O. The second-order valence-corrected chi connectivity index (χ2v) is 3.67. The third kappa shape index (κ3) is 1.87. The van der Waals surface area contributed by atoms with Crippen molar-refractivity contribution in [3.05, 3.63) is 12.2 Å². The molecule has 2 heterocycles. The van der Waals surface area contributed by atoms with Crippen molar-refractivity contribution in [2.45, 2.75) is 19.5 Å². The first-order valence-corrected chi connectivity index (χ1v) is 4.49. The average molecular weight is 182 g/mol. The summed E-state index contributed by atoms with van der Waals surface area (Å²) in [6.07, 6.45) is 1.43. The van der Waals surface area contributed by atoms with Crippen LogP contribution in [0.25, 0.3) is 0 Å². The van der Waals surface area contributed by atoms with Gasteiger partial charge in [0.05, 0.1) is 6.54 Å². The van der Waals surface area contributed by atoms with Crippen LogP contribution < -0.4 is 5.73 Å². The highest BCUT2D eigenvalue weighted by Gasteiger charge is 2.27. The molecular weight excluding hydrogens is 168 g/mol. The first-order valence-electron chi connectivity index (χ1n) is 4.49. The Labute approximate surface area is 76.9 Å². The van der Waals surface area contributed by atoms with Crippen LogP contribution in [0.15, 0.2) is 10.9 Å². The Morgan fingerprint density at radius 3 is 3.08 bits per heavy atom. The summed E-state index contributed by atoms with van der Waals surface area (Å²) >= 11 is 0. The molecule has 5 nitrogen and oxygen atoms in total. The van der Waals surface area contributed by atoms with Gasteiger partial charge in [0.25, 0.3) is 0 Å². The van der Waals surface area contributed by atoms with E-state index in [2.05, 4.69) is 22.0 Å². The van der Waals surface area contributed by atoms with Crippen LogP contribution in [0.1, 0.15) is 12.8 Å². The van der Waals surface area contributed by atoms with Crippen LogP contribution in [0.4, 0.5) is 0 Å². The van der Waals surface area contributed by atoms with Crippen molar-refractivity contribution in [3.8, 4) is 0 Å². The number of aromatic nitrogens is 2. The highest BCUT2D eigenvalue weighted by Crippen LogP contribution is 2.15. The zero-order valence-corrected chi connectivity index (χ0v) is 7.68. The zero-order chi connectivity index (χ0) is 9.26. The third-order valence-electron chi connectivity index (χ3n) is 2.51. The maximum absolute atomic E-state index is 5.89. The summed E-state index contributed by atoms with van der Waals surface area (Å²) in [7, 11) is 0. The van der Waals surface area contributed by atoms with E-state index in [1.807, 2.05) is 0 Å². The summed E-state index contributed by atoms with van der Waals surface area (Å²) in [4.78, 5) is 6.21. The Morgan fingerprint density at radius 2 is 2.54 bits per heavy atom. The van der Waals surface area contributed by atoms with Crippen molar-refractivity contribution in [2.24, 2.45) is 11.7 Å². The van der Waals surface area contributed by atoms with Crippen molar-refractivity contribution in [2.75, 3.05) is 13.1 Å². The number of hydrogen-bond acceptors (Lipinski definition) is 5. The highest BCUT2D eigenvalue weighted by atomic mass is 16.5. The minimum absolute atomic E-state index is 0.280. The molecule has 1 saturated heterocycles. The molecule has 1 aliphatic rings. The van der Waals surface area contributed by atoms with Crippen molar-refractivity contribution in [1.29, 1.82) is 0 Å². The molecule has 13 heavy (non-hydrogen) atoms. The van der Waals surface area contributed by atoms with Crippen LogP contribution in [0.2, 0.25) is 0 Å². The molecule has 1 aromatic heterocycles. The lowest BCUT2D eigenvalue weighted by Crippen LogP contribution is -2.28. The summed E-state index contributed by atoms with van der Waals surface area (Å²) in [5.74, 6) is 1.23. The molecule has 2 unspecified atom stereocenters. The number of hydrogen-bond donors (Lipinski definition) is 1. The van der Waals surface area contributed by atoms with Crippen molar-refractivity contribution in [1.82, 2.24) is 15.0 Å².